The molecule has 1 fully saturated rings. The van der Waals surface area contributed by atoms with E-state index in [-0.39, 0.29) is 18.1 Å². The summed E-state index contributed by atoms with van der Waals surface area (Å²) in [5, 5.41) is 12.5. The highest BCUT2D eigenvalue weighted by molar-refractivity contribution is 6.24. The van der Waals surface area contributed by atoms with Crippen LogP contribution in [-0.2, 0) is 9.53 Å². The third kappa shape index (κ3) is 4.55. The van der Waals surface area contributed by atoms with Crippen molar-refractivity contribution in [1.29, 1.82) is 0 Å². The van der Waals surface area contributed by atoms with Gasteiger partial charge in [-0.25, -0.2) is 0 Å². The smallest absolute Gasteiger partial charge is 0.306 e. The molecule has 8 nitrogen and oxygen atoms in total. The Morgan fingerprint density at radius 3 is 2.63 bits per heavy atom. The van der Waals surface area contributed by atoms with E-state index in [4.69, 9.17) is 30.7 Å². The quantitative estimate of drug-likeness (QED) is 0.664. The van der Waals surface area contributed by atoms with E-state index in [0.717, 1.165) is 5.56 Å². The number of hydrogen-bond donors (Lipinski definition) is 1. The van der Waals surface area contributed by atoms with Gasteiger partial charge in [-0.15, -0.1) is 11.6 Å². The van der Waals surface area contributed by atoms with Crippen LogP contribution in [0.3, 0.4) is 0 Å². The molecule has 4 rings (SSSR count). The Morgan fingerprint density at radius 1 is 1.27 bits per heavy atom. The van der Waals surface area contributed by atoms with Crippen molar-refractivity contribution in [2.45, 2.75) is 50.5 Å². The number of carboxylic acids is 1. The van der Waals surface area contributed by atoms with Crippen molar-refractivity contribution < 1.29 is 23.9 Å². The van der Waals surface area contributed by atoms with E-state index < -0.39 is 17.6 Å². The zero-order chi connectivity index (χ0) is 21.3. The van der Waals surface area contributed by atoms with Crippen molar-refractivity contribution in [3.05, 3.63) is 36.2 Å². The number of ether oxygens (including phenoxy) is 2. The van der Waals surface area contributed by atoms with Crippen molar-refractivity contribution in [3.8, 4) is 17.1 Å². The summed E-state index contributed by atoms with van der Waals surface area (Å²) in [6.45, 7) is 3.86. The zero-order valence-corrected chi connectivity index (χ0v) is 17.3. The third-order valence-corrected chi connectivity index (χ3v) is 5.26. The summed E-state index contributed by atoms with van der Waals surface area (Å²) >= 11 is 6.35. The van der Waals surface area contributed by atoms with Gasteiger partial charge in [-0.2, -0.15) is 4.98 Å². The van der Waals surface area contributed by atoms with Gasteiger partial charge in [0, 0.05) is 11.8 Å². The standard InChI is InChI=1S/C21H22ClN3O5/c1-11(2)28-20-17(22)9-14(10-23-20)19-24-18(25-30-19)12-3-5-15(6-4-12)29-16-7-13(8-16)21(26)27/h3-6,9-11,13,16-17,20H,7-8H2,1-2H3,(H,26,27)/t13-,16+,17?,20?. The van der Waals surface area contributed by atoms with E-state index in [1.54, 1.807) is 12.3 Å². The molecule has 2 heterocycles. The zero-order valence-electron chi connectivity index (χ0n) is 16.6. The minimum atomic E-state index is -0.764. The maximum atomic E-state index is 10.9. The number of carbonyl (C=O) groups is 1. The van der Waals surface area contributed by atoms with Gasteiger partial charge in [0.2, 0.25) is 5.82 Å². The summed E-state index contributed by atoms with van der Waals surface area (Å²) in [6.07, 6.45) is 4.01. The second-order valence-electron chi connectivity index (χ2n) is 7.61. The predicted octanol–water partition coefficient (Wildman–Crippen LogP) is 3.80. The lowest BCUT2D eigenvalue weighted by Crippen LogP contribution is -2.38. The van der Waals surface area contributed by atoms with E-state index in [2.05, 4.69) is 15.1 Å². The highest BCUT2D eigenvalue weighted by Gasteiger charge is 2.36. The van der Waals surface area contributed by atoms with Crippen LogP contribution in [0.25, 0.3) is 17.0 Å². The molecule has 2 aliphatic rings. The summed E-state index contributed by atoms with van der Waals surface area (Å²) < 4.78 is 16.8. The molecule has 0 radical (unpaired) electrons. The van der Waals surface area contributed by atoms with Crippen LogP contribution in [-0.4, -0.2) is 51.2 Å². The molecule has 1 N–H and O–H groups in total. The number of alkyl halides is 1. The number of hydrogen-bond acceptors (Lipinski definition) is 7. The molecular weight excluding hydrogens is 410 g/mol. The molecule has 1 aromatic carbocycles. The molecule has 30 heavy (non-hydrogen) atoms. The molecule has 0 amide bonds. The van der Waals surface area contributed by atoms with Crippen molar-refractivity contribution in [3.63, 3.8) is 0 Å². The van der Waals surface area contributed by atoms with E-state index in [0.29, 0.717) is 35.9 Å². The van der Waals surface area contributed by atoms with Crippen LogP contribution in [0.5, 0.6) is 5.75 Å². The summed E-state index contributed by atoms with van der Waals surface area (Å²) in [4.78, 5) is 19.6. The first-order chi connectivity index (χ1) is 14.4. The van der Waals surface area contributed by atoms with Crippen molar-refractivity contribution in [2.24, 2.45) is 10.9 Å². The number of halogens is 1. The van der Waals surface area contributed by atoms with Gasteiger partial charge in [0.05, 0.1) is 23.0 Å². The lowest BCUT2D eigenvalue weighted by molar-refractivity contribution is -0.147. The summed E-state index contributed by atoms with van der Waals surface area (Å²) in [5.41, 5.74) is 1.42. The van der Waals surface area contributed by atoms with Gasteiger partial charge in [-0.1, -0.05) is 5.16 Å². The minimum absolute atomic E-state index is 0.0215. The van der Waals surface area contributed by atoms with Gasteiger partial charge in [0.15, 0.2) is 6.23 Å². The number of allylic oxidation sites excluding steroid dienone is 1. The van der Waals surface area contributed by atoms with Gasteiger partial charge in [0.25, 0.3) is 5.89 Å². The average Bonchev–Trinajstić information content (AvgIpc) is 3.16. The minimum Gasteiger partial charge on any atom is -0.490 e. The summed E-state index contributed by atoms with van der Waals surface area (Å²) in [7, 11) is 0. The number of aromatic nitrogens is 2. The molecule has 1 saturated carbocycles. The summed E-state index contributed by atoms with van der Waals surface area (Å²) in [6, 6.07) is 7.28. The predicted molar refractivity (Wildman–Crippen MR) is 111 cm³/mol. The Bertz CT molecular complexity index is 963. The van der Waals surface area contributed by atoms with E-state index in [1.165, 1.54) is 0 Å². The van der Waals surface area contributed by atoms with Gasteiger partial charge in [-0.3, -0.25) is 9.79 Å². The monoisotopic (exact) mass is 431 g/mol. The number of dihydropyridines is 1. The molecule has 0 spiro atoms. The lowest BCUT2D eigenvalue weighted by Gasteiger charge is -2.32. The summed E-state index contributed by atoms with van der Waals surface area (Å²) in [5.74, 6) is 0.382. The third-order valence-electron chi connectivity index (χ3n) is 4.92. The molecule has 0 saturated heterocycles. The fraction of sp³-hybridized carbons (Fsp3) is 0.429. The van der Waals surface area contributed by atoms with Crippen LogP contribution in [0.1, 0.15) is 32.6 Å². The topological polar surface area (TPSA) is 107 Å². The highest BCUT2D eigenvalue weighted by atomic mass is 35.5. The Balaban J connectivity index is 1.38. The van der Waals surface area contributed by atoms with Crippen LogP contribution in [0.15, 0.2) is 39.9 Å². The Kier molecular flexibility index (Phi) is 5.87. The fourth-order valence-electron chi connectivity index (χ4n) is 3.24. The number of benzene rings is 1. The molecule has 2 atom stereocenters. The number of rotatable bonds is 7. The maximum absolute atomic E-state index is 10.9. The number of aliphatic imine (C=N–C) groups is 1. The van der Waals surface area contributed by atoms with Crippen LogP contribution in [0.2, 0.25) is 0 Å². The lowest BCUT2D eigenvalue weighted by atomic mass is 9.82. The highest BCUT2D eigenvalue weighted by Crippen LogP contribution is 2.32. The largest absolute Gasteiger partial charge is 0.490 e. The van der Waals surface area contributed by atoms with E-state index in [9.17, 15) is 4.79 Å². The van der Waals surface area contributed by atoms with Gasteiger partial charge in [0.1, 0.15) is 11.9 Å². The normalized spacial score (nSPS) is 25.7. The van der Waals surface area contributed by atoms with Gasteiger partial charge < -0.3 is 19.1 Å². The maximum Gasteiger partial charge on any atom is 0.306 e. The molecule has 9 heteroatoms. The molecular formula is C21H22ClN3O5. The molecule has 2 aromatic rings. The average molecular weight is 432 g/mol. The Hall–Kier alpha value is -2.71. The Morgan fingerprint density at radius 2 is 2.00 bits per heavy atom. The molecule has 2 unspecified atom stereocenters. The van der Waals surface area contributed by atoms with Gasteiger partial charge in [-0.05, 0) is 57.0 Å². The number of nitrogens with zero attached hydrogens (tertiary/aromatic N) is 3. The second-order valence-corrected chi connectivity index (χ2v) is 8.12. The molecule has 1 aliphatic carbocycles. The molecule has 0 bridgehead atoms. The van der Waals surface area contributed by atoms with Crippen LogP contribution in [0, 0.1) is 5.92 Å². The first-order valence-corrected chi connectivity index (χ1v) is 10.2. The van der Waals surface area contributed by atoms with Crippen molar-refractivity contribution in [2.75, 3.05) is 0 Å². The van der Waals surface area contributed by atoms with Crippen molar-refractivity contribution in [1.82, 2.24) is 10.1 Å². The van der Waals surface area contributed by atoms with Crippen LogP contribution in [0.4, 0.5) is 0 Å². The van der Waals surface area contributed by atoms with E-state index in [1.807, 2.05) is 38.1 Å². The molecule has 1 aromatic heterocycles. The van der Waals surface area contributed by atoms with Gasteiger partial charge >= 0.3 is 5.97 Å². The number of aliphatic carboxylic acids is 1. The number of carboxylic acid groups (broad SMARTS) is 1. The fourth-order valence-corrected chi connectivity index (χ4v) is 3.51. The van der Waals surface area contributed by atoms with Crippen LogP contribution < -0.4 is 4.74 Å². The first kappa shape index (κ1) is 20.6. The van der Waals surface area contributed by atoms with Crippen molar-refractivity contribution >= 4 is 29.4 Å². The SMILES string of the molecule is CC(C)OC1N=CC(c2nc(-c3ccc(O[C@H]4C[C@@H](C(=O)O)C4)cc3)no2)=CC1Cl. The van der Waals surface area contributed by atoms with Crippen LogP contribution >= 0.6 is 11.6 Å². The second kappa shape index (κ2) is 8.57. The first-order valence-electron chi connectivity index (χ1n) is 9.77. The molecule has 158 valence electrons. The van der Waals surface area contributed by atoms with E-state index >= 15 is 0 Å². The Labute approximate surface area is 178 Å². The molecule has 1 aliphatic heterocycles.